The summed E-state index contributed by atoms with van der Waals surface area (Å²) in [6.45, 7) is 4.06. The number of rotatable bonds is 7. The molecule has 1 aliphatic heterocycles. The van der Waals surface area contributed by atoms with E-state index in [1.165, 1.54) is 38.8 Å². The molecule has 1 aliphatic rings. The van der Waals surface area contributed by atoms with Crippen molar-refractivity contribution in [2.45, 2.75) is 32.1 Å². The van der Waals surface area contributed by atoms with E-state index in [0.29, 0.717) is 22.3 Å². The molecule has 1 N–H and O–H groups in total. The van der Waals surface area contributed by atoms with E-state index in [9.17, 15) is 4.79 Å². The fraction of sp³-hybridized carbons (Fsp3) is 0.588. The molecule has 1 saturated heterocycles. The number of hydrogen-bond acceptors (Lipinski definition) is 3. The van der Waals surface area contributed by atoms with Crippen LogP contribution in [-0.2, 0) is 4.79 Å². The standard InChI is InChI=1S/C17H24Cl2N2O2/c18-14-6-7-16(15(19)12-14)23-13-17(22)20-8-5-11-21-9-3-1-2-4-10-21/h6-7,12H,1-5,8-11,13H2,(H,20,22). The third-order valence-electron chi connectivity index (χ3n) is 3.92. The molecule has 1 amide bonds. The SMILES string of the molecule is O=C(COc1ccc(Cl)cc1Cl)NCCCN1CCCCCC1. The predicted octanol–water partition coefficient (Wildman–Crippen LogP) is 3.75. The largest absolute Gasteiger partial charge is 0.482 e. The molecule has 0 aliphatic carbocycles. The molecule has 0 saturated carbocycles. The Labute approximate surface area is 148 Å². The summed E-state index contributed by atoms with van der Waals surface area (Å²) >= 11 is 11.8. The second kappa shape index (κ2) is 10.0. The molecule has 0 radical (unpaired) electrons. The zero-order valence-electron chi connectivity index (χ0n) is 13.3. The minimum Gasteiger partial charge on any atom is -0.482 e. The lowest BCUT2D eigenvalue weighted by atomic mass is 10.2. The number of carbonyl (C=O) groups excluding carboxylic acids is 1. The first kappa shape index (κ1) is 18.4. The minimum atomic E-state index is -0.133. The summed E-state index contributed by atoms with van der Waals surface area (Å²) < 4.78 is 5.40. The van der Waals surface area contributed by atoms with E-state index in [1.54, 1.807) is 18.2 Å². The van der Waals surface area contributed by atoms with Crippen LogP contribution in [0.2, 0.25) is 10.0 Å². The van der Waals surface area contributed by atoms with E-state index in [0.717, 1.165) is 13.0 Å². The summed E-state index contributed by atoms with van der Waals surface area (Å²) in [6.07, 6.45) is 6.24. The van der Waals surface area contributed by atoms with E-state index >= 15 is 0 Å². The van der Waals surface area contributed by atoms with Gasteiger partial charge in [-0.1, -0.05) is 36.0 Å². The topological polar surface area (TPSA) is 41.6 Å². The van der Waals surface area contributed by atoms with Crippen molar-refractivity contribution in [3.63, 3.8) is 0 Å². The van der Waals surface area contributed by atoms with Gasteiger partial charge in [0.2, 0.25) is 0 Å². The lowest BCUT2D eigenvalue weighted by molar-refractivity contribution is -0.123. The van der Waals surface area contributed by atoms with E-state index < -0.39 is 0 Å². The molecule has 0 spiro atoms. The average molecular weight is 359 g/mol. The van der Waals surface area contributed by atoms with Crippen molar-refractivity contribution in [2.24, 2.45) is 0 Å². The van der Waals surface area contributed by atoms with Crippen LogP contribution in [-0.4, -0.2) is 43.6 Å². The molecule has 1 aromatic rings. The number of amides is 1. The van der Waals surface area contributed by atoms with Crippen molar-refractivity contribution in [1.82, 2.24) is 10.2 Å². The summed E-state index contributed by atoms with van der Waals surface area (Å²) in [7, 11) is 0. The number of benzene rings is 1. The number of nitrogens with zero attached hydrogens (tertiary/aromatic N) is 1. The molecule has 128 valence electrons. The average Bonchev–Trinajstić information content (AvgIpc) is 2.79. The number of hydrogen-bond donors (Lipinski definition) is 1. The van der Waals surface area contributed by atoms with Gasteiger partial charge in [-0.15, -0.1) is 0 Å². The normalized spacial score (nSPS) is 15.9. The van der Waals surface area contributed by atoms with Gasteiger partial charge >= 0.3 is 0 Å². The number of nitrogens with one attached hydrogen (secondary N) is 1. The fourth-order valence-corrected chi connectivity index (χ4v) is 3.14. The molecule has 2 rings (SSSR count). The molecule has 1 heterocycles. The first-order valence-electron chi connectivity index (χ1n) is 8.22. The van der Waals surface area contributed by atoms with Crippen LogP contribution >= 0.6 is 23.2 Å². The summed E-state index contributed by atoms with van der Waals surface area (Å²) in [5.74, 6) is 0.336. The van der Waals surface area contributed by atoms with E-state index in [4.69, 9.17) is 27.9 Å². The first-order valence-corrected chi connectivity index (χ1v) is 8.97. The summed E-state index contributed by atoms with van der Waals surface area (Å²) in [6, 6.07) is 4.94. The third kappa shape index (κ3) is 6.98. The van der Waals surface area contributed by atoms with Crippen LogP contribution in [0, 0.1) is 0 Å². The maximum Gasteiger partial charge on any atom is 0.257 e. The van der Waals surface area contributed by atoms with Crippen LogP contribution in [0.5, 0.6) is 5.75 Å². The van der Waals surface area contributed by atoms with Crippen LogP contribution < -0.4 is 10.1 Å². The highest BCUT2D eigenvalue weighted by atomic mass is 35.5. The zero-order valence-corrected chi connectivity index (χ0v) is 14.8. The van der Waals surface area contributed by atoms with Crippen LogP contribution in [0.4, 0.5) is 0 Å². The van der Waals surface area contributed by atoms with Gasteiger partial charge in [-0.25, -0.2) is 0 Å². The van der Waals surface area contributed by atoms with Gasteiger partial charge in [0.05, 0.1) is 5.02 Å². The Morgan fingerprint density at radius 3 is 2.61 bits per heavy atom. The van der Waals surface area contributed by atoms with Crippen molar-refractivity contribution in [3.8, 4) is 5.75 Å². The first-order chi connectivity index (χ1) is 11.1. The molecule has 0 bridgehead atoms. The Hall–Kier alpha value is -0.970. The van der Waals surface area contributed by atoms with Crippen molar-refractivity contribution < 1.29 is 9.53 Å². The fourth-order valence-electron chi connectivity index (χ4n) is 2.68. The van der Waals surface area contributed by atoms with Gasteiger partial charge in [0.1, 0.15) is 5.75 Å². The van der Waals surface area contributed by atoms with Gasteiger partial charge < -0.3 is 15.0 Å². The van der Waals surface area contributed by atoms with Crippen LogP contribution in [0.1, 0.15) is 32.1 Å². The highest BCUT2D eigenvalue weighted by molar-refractivity contribution is 6.35. The predicted molar refractivity (Wildman–Crippen MR) is 94.5 cm³/mol. The highest BCUT2D eigenvalue weighted by Gasteiger charge is 2.09. The Morgan fingerprint density at radius 1 is 1.17 bits per heavy atom. The molecule has 23 heavy (non-hydrogen) atoms. The Bertz CT molecular complexity index is 503. The zero-order chi connectivity index (χ0) is 16.5. The van der Waals surface area contributed by atoms with Crippen molar-refractivity contribution in [1.29, 1.82) is 0 Å². The number of ether oxygens (including phenoxy) is 1. The molecular weight excluding hydrogens is 335 g/mol. The Morgan fingerprint density at radius 2 is 1.91 bits per heavy atom. The number of likely N-dealkylation sites (tertiary alicyclic amines) is 1. The molecule has 0 aromatic heterocycles. The molecule has 4 nitrogen and oxygen atoms in total. The Kier molecular flexibility index (Phi) is 8.00. The summed E-state index contributed by atoms with van der Waals surface area (Å²) in [4.78, 5) is 14.3. The molecule has 6 heteroatoms. The van der Waals surface area contributed by atoms with E-state index in [-0.39, 0.29) is 12.5 Å². The lowest BCUT2D eigenvalue weighted by Gasteiger charge is -2.19. The summed E-state index contributed by atoms with van der Waals surface area (Å²) in [5.41, 5.74) is 0. The summed E-state index contributed by atoms with van der Waals surface area (Å²) in [5, 5.41) is 3.83. The monoisotopic (exact) mass is 358 g/mol. The van der Waals surface area contributed by atoms with Gasteiger partial charge in [-0.2, -0.15) is 0 Å². The highest BCUT2D eigenvalue weighted by Crippen LogP contribution is 2.27. The lowest BCUT2D eigenvalue weighted by Crippen LogP contribution is -2.33. The molecule has 1 fully saturated rings. The van der Waals surface area contributed by atoms with Crippen molar-refractivity contribution in [3.05, 3.63) is 28.2 Å². The van der Waals surface area contributed by atoms with Gasteiger partial charge in [0, 0.05) is 11.6 Å². The molecule has 0 unspecified atom stereocenters. The van der Waals surface area contributed by atoms with E-state index in [1.807, 2.05) is 0 Å². The molecular formula is C17H24Cl2N2O2. The van der Waals surface area contributed by atoms with Gasteiger partial charge in [0.15, 0.2) is 6.61 Å². The minimum absolute atomic E-state index is 0.0366. The van der Waals surface area contributed by atoms with Gasteiger partial charge in [0.25, 0.3) is 5.91 Å². The van der Waals surface area contributed by atoms with Crippen molar-refractivity contribution >= 4 is 29.1 Å². The van der Waals surface area contributed by atoms with Crippen molar-refractivity contribution in [2.75, 3.05) is 32.8 Å². The van der Waals surface area contributed by atoms with E-state index in [2.05, 4.69) is 10.2 Å². The second-order valence-corrected chi connectivity index (χ2v) is 6.67. The Balaban J connectivity index is 1.59. The van der Waals surface area contributed by atoms with Gasteiger partial charge in [-0.3, -0.25) is 4.79 Å². The number of halogens is 2. The third-order valence-corrected chi connectivity index (χ3v) is 4.46. The van der Waals surface area contributed by atoms with Crippen LogP contribution in [0.15, 0.2) is 18.2 Å². The number of carbonyl (C=O) groups is 1. The molecule has 0 atom stereocenters. The maximum absolute atomic E-state index is 11.8. The maximum atomic E-state index is 11.8. The smallest absolute Gasteiger partial charge is 0.257 e. The quantitative estimate of drug-likeness (QED) is 0.754. The van der Waals surface area contributed by atoms with Gasteiger partial charge in [-0.05, 0) is 57.1 Å². The molecule has 1 aromatic carbocycles. The van der Waals surface area contributed by atoms with Crippen LogP contribution in [0.3, 0.4) is 0 Å². The van der Waals surface area contributed by atoms with Crippen LogP contribution in [0.25, 0.3) is 0 Å². The second-order valence-electron chi connectivity index (χ2n) is 5.82.